The van der Waals surface area contributed by atoms with Crippen molar-refractivity contribution >= 4 is 0 Å². The van der Waals surface area contributed by atoms with Crippen LogP contribution in [-0.4, -0.2) is 23.5 Å². The van der Waals surface area contributed by atoms with E-state index >= 15 is 0 Å². The fraction of sp³-hybridized carbons (Fsp3) is 0.400. The number of benzene rings is 2. The van der Waals surface area contributed by atoms with Crippen molar-refractivity contribution in [1.29, 1.82) is 0 Å². The summed E-state index contributed by atoms with van der Waals surface area (Å²) >= 11 is 0. The molecule has 1 heterocycles. The molecule has 2 nitrogen and oxygen atoms in total. The van der Waals surface area contributed by atoms with Crippen LogP contribution in [0.2, 0.25) is 0 Å². The average Bonchev–Trinajstić information content (AvgIpc) is 2.57. The summed E-state index contributed by atoms with van der Waals surface area (Å²) in [5, 5.41) is 3.73. The first-order chi connectivity index (χ1) is 10.8. The van der Waals surface area contributed by atoms with E-state index in [0.717, 1.165) is 13.1 Å². The highest BCUT2D eigenvalue weighted by Gasteiger charge is 2.24. The Bertz CT molecular complexity index is 552. The third-order valence-electron chi connectivity index (χ3n) is 4.68. The van der Waals surface area contributed by atoms with Crippen LogP contribution in [0.1, 0.15) is 30.9 Å². The topological polar surface area (TPSA) is 15.3 Å². The highest BCUT2D eigenvalue weighted by atomic mass is 15.2. The zero-order chi connectivity index (χ0) is 15.2. The molecule has 22 heavy (non-hydrogen) atoms. The molecule has 2 unspecified atom stereocenters. The van der Waals surface area contributed by atoms with Crippen molar-refractivity contribution in [3.05, 3.63) is 71.8 Å². The van der Waals surface area contributed by atoms with Crippen molar-refractivity contribution in [3.8, 4) is 0 Å². The first-order valence-corrected chi connectivity index (χ1v) is 8.36. The minimum atomic E-state index is 0.641. The predicted octanol–water partition coefficient (Wildman–Crippen LogP) is 3.83. The summed E-state index contributed by atoms with van der Waals surface area (Å²) in [6.45, 7) is 5.60. The standard InChI is InChI=1S/C20H26N2/c1-17-14-20(21-15-18-8-4-2-5-9-18)12-13-22(17)16-19-10-6-3-7-11-19/h2-11,17,20-21H,12-16H2,1H3. The molecule has 1 saturated heterocycles. The van der Waals surface area contributed by atoms with Crippen molar-refractivity contribution in [3.63, 3.8) is 0 Å². The molecule has 2 atom stereocenters. The molecule has 1 aliphatic heterocycles. The Morgan fingerprint density at radius 3 is 2.23 bits per heavy atom. The molecule has 0 amide bonds. The van der Waals surface area contributed by atoms with Gasteiger partial charge >= 0.3 is 0 Å². The van der Waals surface area contributed by atoms with Gasteiger partial charge in [0.2, 0.25) is 0 Å². The maximum absolute atomic E-state index is 3.73. The third kappa shape index (κ3) is 4.19. The summed E-state index contributed by atoms with van der Waals surface area (Å²) in [4.78, 5) is 2.61. The van der Waals surface area contributed by atoms with Gasteiger partial charge in [-0.1, -0.05) is 60.7 Å². The molecule has 1 aliphatic rings. The van der Waals surface area contributed by atoms with Gasteiger partial charge in [0, 0.05) is 31.7 Å². The Hall–Kier alpha value is -1.64. The molecule has 2 aromatic rings. The lowest BCUT2D eigenvalue weighted by molar-refractivity contribution is 0.128. The Morgan fingerprint density at radius 2 is 1.59 bits per heavy atom. The lowest BCUT2D eigenvalue weighted by Crippen LogP contribution is -2.46. The quantitative estimate of drug-likeness (QED) is 0.901. The minimum Gasteiger partial charge on any atom is -0.310 e. The molecule has 0 radical (unpaired) electrons. The maximum Gasteiger partial charge on any atom is 0.0236 e. The van der Waals surface area contributed by atoms with Crippen LogP contribution in [0.3, 0.4) is 0 Å². The molecular weight excluding hydrogens is 268 g/mol. The minimum absolute atomic E-state index is 0.641. The monoisotopic (exact) mass is 294 g/mol. The van der Waals surface area contributed by atoms with Gasteiger partial charge in [0.05, 0.1) is 0 Å². The molecule has 0 saturated carbocycles. The molecule has 0 aromatic heterocycles. The van der Waals surface area contributed by atoms with Crippen LogP contribution in [-0.2, 0) is 13.1 Å². The normalized spacial score (nSPS) is 22.6. The predicted molar refractivity (Wildman–Crippen MR) is 92.6 cm³/mol. The molecular formula is C20H26N2. The van der Waals surface area contributed by atoms with Crippen LogP contribution in [0.5, 0.6) is 0 Å². The first-order valence-electron chi connectivity index (χ1n) is 8.36. The third-order valence-corrected chi connectivity index (χ3v) is 4.68. The summed E-state index contributed by atoms with van der Waals surface area (Å²) in [7, 11) is 0. The van der Waals surface area contributed by atoms with E-state index < -0.39 is 0 Å². The van der Waals surface area contributed by atoms with Crippen LogP contribution in [0.15, 0.2) is 60.7 Å². The molecule has 0 aliphatic carbocycles. The largest absolute Gasteiger partial charge is 0.310 e. The van der Waals surface area contributed by atoms with Gasteiger partial charge in [0.25, 0.3) is 0 Å². The number of hydrogen-bond acceptors (Lipinski definition) is 2. The summed E-state index contributed by atoms with van der Waals surface area (Å²) in [5.41, 5.74) is 2.80. The van der Waals surface area contributed by atoms with E-state index in [1.54, 1.807) is 0 Å². The van der Waals surface area contributed by atoms with Gasteiger partial charge in [-0.15, -0.1) is 0 Å². The van der Waals surface area contributed by atoms with E-state index in [9.17, 15) is 0 Å². The summed E-state index contributed by atoms with van der Waals surface area (Å²) < 4.78 is 0. The fourth-order valence-electron chi connectivity index (χ4n) is 3.32. The Labute approximate surface area is 134 Å². The molecule has 2 heteroatoms. The second-order valence-electron chi connectivity index (χ2n) is 6.39. The Morgan fingerprint density at radius 1 is 0.955 bits per heavy atom. The van der Waals surface area contributed by atoms with Gasteiger partial charge in [0.15, 0.2) is 0 Å². The number of nitrogens with one attached hydrogen (secondary N) is 1. The fourth-order valence-corrected chi connectivity index (χ4v) is 3.32. The SMILES string of the molecule is CC1CC(NCc2ccccc2)CCN1Cc1ccccc1. The van der Waals surface area contributed by atoms with E-state index in [-0.39, 0.29) is 0 Å². The Balaban J connectivity index is 1.47. The highest BCUT2D eigenvalue weighted by Crippen LogP contribution is 2.20. The van der Waals surface area contributed by atoms with Crippen LogP contribution < -0.4 is 5.32 Å². The molecule has 3 rings (SSSR count). The van der Waals surface area contributed by atoms with Gasteiger partial charge in [-0.2, -0.15) is 0 Å². The molecule has 1 fully saturated rings. The first kappa shape index (κ1) is 15.3. The van der Waals surface area contributed by atoms with Gasteiger partial charge in [-0.25, -0.2) is 0 Å². The zero-order valence-electron chi connectivity index (χ0n) is 13.4. The van der Waals surface area contributed by atoms with E-state index in [1.165, 1.54) is 30.5 Å². The van der Waals surface area contributed by atoms with E-state index in [4.69, 9.17) is 0 Å². The number of likely N-dealkylation sites (tertiary alicyclic amines) is 1. The lowest BCUT2D eigenvalue weighted by atomic mass is 9.97. The molecule has 1 N–H and O–H groups in total. The number of hydrogen-bond donors (Lipinski definition) is 1. The van der Waals surface area contributed by atoms with Crippen molar-refractivity contribution < 1.29 is 0 Å². The zero-order valence-corrected chi connectivity index (χ0v) is 13.4. The van der Waals surface area contributed by atoms with Crippen LogP contribution in [0, 0.1) is 0 Å². The highest BCUT2D eigenvalue weighted by molar-refractivity contribution is 5.15. The van der Waals surface area contributed by atoms with Crippen molar-refractivity contribution in [2.75, 3.05) is 6.54 Å². The van der Waals surface area contributed by atoms with Gasteiger partial charge in [-0.3, -0.25) is 4.90 Å². The second-order valence-corrected chi connectivity index (χ2v) is 6.39. The Kier molecular flexibility index (Phi) is 5.25. The number of nitrogens with zero attached hydrogens (tertiary/aromatic N) is 1. The smallest absolute Gasteiger partial charge is 0.0236 e. The van der Waals surface area contributed by atoms with Crippen LogP contribution in [0.4, 0.5) is 0 Å². The van der Waals surface area contributed by atoms with Crippen LogP contribution in [0.25, 0.3) is 0 Å². The van der Waals surface area contributed by atoms with Crippen molar-refractivity contribution in [2.24, 2.45) is 0 Å². The van der Waals surface area contributed by atoms with E-state index in [2.05, 4.69) is 77.8 Å². The summed E-state index contributed by atoms with van der Waals surface area (Å²) in [6.07, 6.45) is 2.48. The summed E-state index contributed by atoms with van der Waals surface area (Å²) in [6, 6.07) is 22.8. The van der Waals surface area contributed by atoms with Crippen LogP contribution >= 0.6 is 0 Å². The molecule has 0 spiro atoms. The average molecular weight is 294 g/mol. The second kappa shape index (κ2) is 7.57. The number of piperidine rings is 1. The van der Waals surface area contributed by atoms with Gasteiger partial charge < -0.3 is 5.32 Å². The lowest BCUT2D eigenvalue weighted by Gasteiger charge is -2.38. The maximum atomic E-state index is 3.73. The molecule has 116 valence electrons. The van der Waals surface area contributed by atoms with E-state index in [1.807, 2.05) is 0 Å². The molecule has 0 bridgehead atoms. The van der Waals surface area contributed by atoms with Crippen molar-refractivity contribution in [2.45, 2.75) is 44.9 Å². The summed E-state index contributed by atoms with van der Waals surface area (Å²) in [5.74, 6) is 0. The number of rotatable bonds is 5. The van der Waals surface area contributed by atoms with Gasteiger partial charge in [-0.05, 0) is 30.9 Å². The van der Waals surface area contributed by atoms with E-state index in [0.29, 0.717) is 12.1 Å². The van der Waals surface area contributed by atoms with Gasteiger partial charge in [0.1, 0.15) is 0 Å². The molecule has 2 aromatic carbocycles. The van der Waals surface area contributed by atoms with Crippen molar-refractivity contribution in [1.82, 2.24) is 10.2 Å².